The largest absolute Gasteiger partial charge is 0.484 e. The van der Waals surface area contributed by atoms with Crippen molar-refractivity contribution in [2.45, 2.75) is 20.0 Å². The van der Waals surface area contributed by atoms with Crippen LogP contribution in [-0.2, 0) is 13.0 Å². The number of carbonyl (C=O) groups excluding carboxylic acids is 1. The summed E-state index contributed by atoms with van der Waals surface area (Å²) in [4.78, 5) is 13.1. The Hall–Kier alpha value is -1.68. The average molecular weight is 264 g/mol. The average Bonchev–Trinajstić information content (AvgIpc) is 2.85. The molecule has 0 unspecified atom stereocenters. The molecule has 0 saturated carbocycles. The van der Waals surface area contributed by atoms with Crippen molar-refractivity contribution in [1.82, 2.24) is 0 Å². The predicted octanol–water partition coefficient (Wildman–Crippen LogP) is 3.84. The summed E-state index contributed by atoms with van der Waals surface area (Å²) < 4.78 is 18.9. The molecule has 0 amide bonds. The lowest BCUT2D eigenvalue weighted by Crippen LogP contribution is -1.99. The Balaban J connectivity index is 2.12. The van der Waals surface area contributed by atoms with Crippen molar-refractivity contribution >= 4 is 17.6 Å². The van der Waals surface area contributed by atoms with Gasteiger partial charge in [-0.25, -0.2) is 4.39 Å². The van der Waals surface area contributed by atoms with E-state index in [1.54, 1.807) is 11.3 Å². The molecule has 0 radical (unpaired) electrons. The van der Waals surface area contributed by atoms with Crippen molar-refractivity contribution in [2.75, 3.05) is 0 Å². The monoisotopic (exact) mass is 264 g/mol. The summed E-state index contributed by atoms with van der Waals surface area (Å²) in [5.41, 5.74) is 0.238. The number of benzene rings is 1. The maximum absolute atomic E-state index is 13.5. The van der Waals surface area contributed by atoms with Gasteiger partial charge in [-0.3, -0.25) is 4.79 Å². The minimum Gasteiger partial charge on any atom is -0.484 e. The summed E-state index contributed by atoms with van der Waals surface area (Å²) in [6, 6.07) is 8.31. The van der Waals surface area contributed by atoms with Gasteiger partial charge in [-0.2, -0.15) is 0 Å². The van der Waals surface area contributed by atoms with Crippen molar-refractivity contribution in [3.63, 3.8) is 0 Å². The fraction of sp³-hybridized carbons (Fsp3) is 0.214. The molecule has 0 atom stereocenters. The number of para-hydroxylation sites is 1. The lowest BCUT2D eigenvalue weighted by molar-refractivity contribution is 0.111. The standard InChI is InChI=1S/C14H13FO2S/c1-2-11-6-7-12(18-11)9-17-14-10(8-16)4-3-5-13(14)15/h3-8H,2,9H2,1H3. The molecule has 1 heterocycles. The fourth-order valence-corrected chi connectivity index (χ4v) is 2.47. The number of aldehydes is 1. The Kier molecular flexibility index (Phi) is 4.10. The lowest BCUT2D eigenvalue weighted by atomic mass is 10.2. The van der Waals surface area contributed by atoms with E-state index in [4.69, 9.17) is 4.74 Å². The zero-order valence-electron chi connectivity index (χ0n) is 9.98. The molecule has 0 saturated heterocycles. The molecule has 4 heteroatoms. The number of rotatable bonds is 5. The van der Waals surface area contributed by atoms with Crippen LogP contribution >= 0.6 is 11.3 Å². The van der Waals surface area contributed by atoms with Gasteiger partial charge in [0.2, 0.25) is 0 Å². The minimum atomic E-state index is -0.508. The van der Waals surface area contributed by atoms with E-state index >= 15 is 0 Å². The van der Waals surface area contributed by atoms with Crippen molar-refractivity contribution in [3.8, 4) is 5.75 Å². The van der Waals surface area contributed by atoms with Gasteiger partial charge in [0, 0.05) is 9.75 Å². The molecule has 0 fully saturated rings. The molecule has 1 aromatic carbocycles. The molecule has 0 aliphatic rings. The fourth-order valence-electron chi connectivity index (χ4n) is 1.60. The Morgan fingerprint density at radius 2 is 2.06 bits per heavy atom. The molecule has 18 heavy (non-hydrogen) atoms. The summed E-state index contributed by atoms with van der Waals surface area (Å²) in [5.74, 6) is -0.481. The van der Waals surface area contributed by atoms with Gasteiger partial charge in [-0.15, -0.1) is 11.3 Å². The van der Waals surface area contributed by atoms with E-state index in [2.05, 4.69) is 6.92 Å². The molecule has 0 aliphatic heterocycles. The smallest absolute Gasteiger partial charge is 0.165 e. The van der Waals surface area contributed by atoms with Gasteiger partial charge < -0.3 is 4.74 Å². The van der Waals surface area contributed by atoms with E-state index in [9.17, 15) is 9.18 Å². The van der Waals surface area contributed by atoms with Gasteiger partial charge in [-0.05, 0) is 30.7 Å². The maximum Gasteiger partial charge on any atom is 0.165 e. The van der Waals surface area contributed by atoms with Crippen LogP contribution in [0.2, 0.25) is 0 Å². The van der Waals surface area contributed by atoms with E-state index in [1.165, 1.54) is 23.1 Å². The highest BCUT2D eigenvalue weighted by Crippen LogP contribution is 2.24. The van der Waals surface area contributed by atoms with Crippen molar-refractivity contribution < 1.29 is 13.9 Å². The zero-order chi connectivity index (χ0) is 13.0. The van der Waals surface area contributed by atoms with E-state index in [-0.39, 0.29) is 17.9 Å². The molecule has 0 N–H and O–H groups in total. The van der Waals surface area contributed by atoms with Gasteiger partial charge in [0.05, 0.1) is 5.56 Å². The molecule has 94 valence electrons. The molecular formula is C14H13FO2S. The Labute approximate surface area is 109 Å². The molecule has 2 aromatic rings. The zero-order valence-corrected chi connectivity index (χ0v) is 10.8. The highest BCUT2D eigenvalue weighted by Gasteiger charge is 2.09. The minimum absolute atomic E-state index is 0.0268. The summed E-state index contributed by atoms with van der Waals surface area (Å²) in [6.45, 7) is 2.37. The van der Waals surface area contributed by atoms with Gasteiger partial charge in [-0.1, -0.05) is 13.0 Å². The van der Waals surface area contributed by atoms with Gasteiger partial charge in [0.15, 0.2) is 17.9 Å². The van der Waals surface area contributed by atoms with Crippen LogP contribution < -0.4 is 4.74 Å². The van der Waals surface area contributed by atoms with Crippen LogP contribution in [0.3, 0.4) is 0 Å². The van der Waals surface area contributed by atoms with Gasteiger partial charge in [0.25, 0.3) is 0 Å². The van der Waals surface area contributed by atoms with E-state index in [0.717, 1.165) is 11.3 Å². The van der Waals surface area contributed by atoms with Crippen LogP contribution in [0.25, 0.3) is 0 Å². The second kappa shape index (κ2) is 5.78. The number of carbonyl (C=O) groups is 1. The predicted molar refractivity (Wildman–Crippen MR) is 69.8 cm³/mol. The third-order valence-corrected chi connectivity index (χ3v) is 3.75. The second-order valence-electron chi connectivity index (χ2n) is 3.79. The number of hydrogen-bond acceptors (Lipinski definition) is 3. The van der Waals surface area contributed by atoms with Gasteiger partial charge >= 0.3 is 0 Å². The summed E-state index contributed by atoms with van der Waals surface area (Å²) in [5, 5.41) is 0. The third-order valence-electron chi connectivity index (χ3n) is 2.55. The van der Waals surface area contributed by atoms with Crippen LogP contribution in [-0.4, -0.2) is 6.29 Å². The van der Waals surface area contributed by atoms with Crippen LogP contribution in [0.5, 0.6) is 5.75 Å². The summed E-state index contributed by atoms with van der Waals surface area (Å²) >= 11 is 1.64. The van der Waals surface area contributed by atoms with E-state index < -0.39 is 5.82 Å². The molecular weight excluding hydrogens is 251 g/mol. The molecule has 0 spiro atoms. The van der Waals surface area contributed by atoms with E-state index in [1.807, 2.05) is 12.1 Å². The number of hydrogen-bond donors (Lipinski definition) is 0. The van der Waals surface area contributed by atoms with Crippen LogP contribution in [0.1, 0.15) is 27.0 Å². The van der Waals surface area contributed by atoms with Crippen molar-refractivity contribution in [2.24, 2.45) is 0 Å². The molecule has 2 rings (SSSR count). The summed E-state index contributed by atoms with van der Waals surface area (Å²) in [7, 11) is 0. The summed E-state index contributed by atoms with van der Waals surface area (Å²) in [6.07, 6.45) is 1.58. The normalized spacial score (nSPS) is 10.3. The quantitative estimate of drug-likeness (QED) is 0.767. The highest BCUT2D eigenvalue weighted by atomic mass is 32.1. The van der Waals surface area contributed by atoms with Crippen LogP contribution in [0.15, 0.2) is 30.3 Å². The lowest BCUT2D eigenvalue weighted by Gasteiger charge is -2.07. The SMILES string of the molecule is CCc1ccc(COc2c(F)cccc2C=O)s1. The van der Waals surface area contributed by atoms with Gasteiger partial charge in [0.1, 0.15) is 6.61 Å². The first kappa shape index (κ1) is 12.8. The highest BCUT2D eigenvalue weighted by molar-refractivity contribution is 7.11. The number of aryl methyl sites for hydroxylation is 1. The van der Waals surface area contributed by atoms with Crippen molar-refractivity contribution in [3.05, 3.63) is 51.5 Å². The Bertz CT molecular complexity index is 548. The number of halogens is 1. The molecule has 0 bridgehead atoms. The molecule has 0 aliphatic carbocycles. The van der Waals surface area contributed by atoms with E-state index in [0.29, 0.717) is 6.29 Å². The Morgan fingerprint density at radius 1 is 1.28 bits per heavy atom. The first-order chi connectivity index (χ1) is 8.74. The number of thiophene rings is 1. The first-order valence-electron chi connectivity index (χ1n) is 5.68. The van der Waals surface area contributed by atoms with Crippen LogP contribution in [0.4, 0.5) is 4.39 Å². The third kappa shape index (κ3) is 2.76. The van der Waals surface area contributed by atoms with Crippen LogP contribution in [0, 0.1) is 5.82 Å². The first-order valence-corrected chi connectivity index (χ1v) is 6.50. The topological polar surface area (TPSA) is 26.3 Å². The molecule has 1 aromatic heterocycles. The second-order valence-corrected chi connectivity index (χ2v) is 5.04. The van der Waals surface area contributed by atoms with Crippen molar-refractivity contribution in [1.29, 1.82) is 0 Å². The Morgan fingerprint density at radius 3 is 2.72 bits per heavy atom. The maximum atomic E-state index is 13.5. The number of ether oxygens (including phenoxy) is 1. The molecule has 2 nitrogen and oxygen atoms in total.